The minimum absolute atomic E-state index is 0.149. The topological polar surface area (TPSA) is 228 Å². The summed E-state index contributed by atoms with van der Waals surface area (Å²) in [5.74, 6) is -0.334. The van der Waals surface area contributed by atoms with Crippen molar-refractivity contribution in [2.45, 2.75) is 203 Å². The lowest BCUT2D eigenvalue weighted by atomic mass is 9.97. The second-order valence-corrected chi connectivity index (χ2v) is 16.1. The number of hydrogen-bond acceptors (Lipinski definition) is 13. The summed E-state index contributed by atoms with van der Waals surface area (Å²) >= 11 is 0. The smallest absolute Gasteiger partial charge is 0.220 e. The Bertz CT molecular complexity index is 1320. The predicted octanol–water partition coefficient (Wildman–Crippen LogP) is 4.87. The zero-order valence-electron chi connectivity index (χ0n) is 37.3. The SMILES string of the molecule is CC/C=C\C/C=C\C/C=C\C/C=C\CCC(=O)NC(COC1OC(CO)C(OC2OC(CO)C(O)C(O)C2O)C(O)C1O)C(O)/C=C/CC/C=C/CCCCCCCCCCC. The zero-order valence-corrected chi connectivity index (χ0v) is 37.3. The number of carbonyl (C=O) groups is 1. The van der Waals surface area contributed by atoms with Crippen molar-refractivity contribution in [1.82, 2.24) is 5.32 Å². The van der Waals surface area contributed by atoms with E-state index in [1.807, 2.05) is 18.2 Å². The average molecular weight is 880 g/mol. The van der Waals surface area contributed by atoms with Gasteiger partial charge < -0.3 is 65.1 Å². The van der Waals surface area contributed by atoms with E-state index in [0.29, 0.717) is 12.8 Å². The van der Waals surface area contributed by atoms with Crippen LogP contribution in [-0.2, 0) is 23.7 Å². The maximum absolute atomic E-state index is 13.1. The molecule has 12 unspecified atom stereocenters. The highest BCUT2D eigenvalue weighted by Gasteiger charge is 2.50. The van der Waals surface area contributed by atoms with E-state index in [1.54, 1.807) is 6.08 Å². The Kier molecular flexibility index (Phi) is 31.2. The van der Waals surface area contributed by atoms with Gasteiger partial charge in [0.25, 0.3) is 0 Å². The molecule has 2 aliphatic heterocycles. The molecule has 9 N–H and O–H groups in total. The minimum Gasteiger partial charge on any atom is -0.394 e. The molecule has 2 aliphatic rings. The van der Waals surface area contributed by atoms with Gasteiger partial charge in [0.05, 0.1) is 32.0 Å². The van der Waals surface area contributed by atoms with Crippen molar-refractivity contribution in [2.75, 3.05) is 19.8 Å². The fourth-order valence-corrected chi connectivity index (χ4v) is 7.08. The van der Waals surface area contributed by atoms with E-state index in [9.17, 15) is 45.6 Å². The van der Waals surface area contributed by atoms with E-state index in [0.717, 1.165) is 38.5 Å². The number of nitrogens with one attached hydrogen (secondary N) is 1. The van der Waals surface area contributed by atoms with Gasteiger partial charge in [-0.3, -0.25) is 4.79 Å². The molecule has 2 heterocycles. The molecule has 0 bridgehead atoms. The van der Waals surface area contributed by atoms with Gasteiger partial charge in [0, 0.05) is 6.42 Å². The Balaban J connectivity index is 1.95. The molecule has 14 heteroatoms. The molecular formula is C48H81NO13. The largest absolute Gasteiger partial charge is 0.394 e. The fourth-order valence-electron chi connectivity index (χ4n) is 7.08. The zero-order chi connectivity index (χ0) is 45.4. The van der Waals surface area contributed by atoms with Gasteiger partial charge in [-0.15, -0.1) is 0 Å². The number of unbranched alkanes of at least 4 members (excludes halogenated alkanes) is 10. The van der Waals surface area contributed by atoms with Crippen molar-refractivity contribution in [3.05, 3.63) is 72.9 Å². The van der Waals surface area contributed by atoms with E-state index in [1.165, 1.54) is 57.8 Å². The molecule has 0 aromatic rings. The summed E-state index contributed by atoms with van der Waals surface area (Å²) in [4.78, 5) is 13.1. The van der Waals surface area contributed by atoms with Crippen LogP contribution >= 0.6 is 0 Å². The van der Waals surface area contributed by atoms with Crippen LogP contribution in [0.3, 0.4) is 0 Å². The third-order valence-corrected chi connectivity index (χ3v) is 10.9. The van der Waals surface area contributed by atoms with Crippen LogP contribution in [0.5, 0.6) is 0 Å². The van der Waals surface area contributed by atoms with Gasteiger partial charge in [-0.25, -0.2) is 0 Å². The van der Waals surface area contributed by atoms with Crippen molar-refractivity contribution >= 4 is 5.91 Å². The number of carbonyl (C=O) groups excluding carboxylic acids is 1. The molecule has 62 heavy (non-hydrogen) atoms. The summed E-state index contributed by atoms with van der Waals surface area (Å²) in [5.41, 5.74) is 0. The van der Waals surface area contributed by atoms with Crippen molar-refractivity contribution in [3.8, 4) is 0 Å². The van der Waals surface area contributed by atoms with Gasteiger partial charge >= 0.3 is 0 Å². The van der Waals surface area contributed by atoms with Crippen molar-refractivity contribution in [1.29, 1.82) is 0 Å². The number of rotatable bonds is 33. The summed E-state index contributed by atoms with van der Waals surface area (Å²) in [7, 11) is 0. The summed E-state index contributed by atoms with van der Waals surface area (Å²) in [6.45, 7) is 2.56. The van der Waals surface area contributed by atoms with Crippen LogP contribution in [0.1, 0.15) is 129 Å². The summed E-state index contributed by atoms with van der Waals surface area (Å²) < 4.78 is 22.6. The molecule has 0 aromatic carbocycles. The molecule has 0 radical (unpaired) electrons. The highest BCUT2D eigenvalue weighted by Crippen LogP contribution is 2.30. The van der Waals surface area contributed by atoms with Gasteiger partial charge in [0.2, 0.25) is 5.91 Å². The number of aliphatic hydroxyl groups is 8. The standard InChI is InChI=1S/C48H81NO13/c1-3-5-7-9-11-13-15-17-18-20-21-23-25-27-29-31-37(52)36(49-40(53)32-30-28-26-24-22-19-16-14-12-10-8-6-4-2)35-59-47-45(58)43(56)46(39(34-51)61-47)62-48-44(57)42(55)41(54)38(33-50)60-48/h6,8,12,14,19,21-23,26,28-29,31,36-39,41-48,50-52,54-58H,3-5,7,9-11,13,15-18,20,24-25,27,30,32-35H2,1-2H3,(H,49,53)/b8-6-,14-12-,22-19-,23-21+,28-26-,31-29+. The van der Waals surface area contributed by atoms with Crippen molar-refractivity contribution < 1.29 is 64.6 Å². The summed E-state index contributed by atoms with van der Waals surface area (Å²) in [5, 5.41) is 86.4. The normalized spacial score (nSPS) is 28.4. The third-order valence-electron chi connectivity index (χ3n) is 10.9. The van der Waals surface area contributed by atoms with Crippen molar-refractivity contribution in [3.63, 3.8) is 0 Å². The predicted molar refractivity (Wildman–Crippen MR) is 240 cm³/mol. The van der Waals surface area contributed by atoms with Crippen LogP contribution in [0, 0.1) is 0 Å². The molecule has 0 aromatic heterocycles. The van der Waals surface area contributed by atoms with E-state index in [-0.39, 0.29) is 18.9 Å². The molecule has 356 valence electrons. The number of aliphatic hydroxyl groups excluding tert-OH is 8. The maximum atomic E-state index is 13.1. The summed E-state index contributed by atoms with van der Waals surface area (Å²) in [6.07, 6.45) is 25.4. The second kappa shape index (κ2) is 34.8. The van der Waals surface area contributed by atoms with Gasteiger partial charge in [0.15, 0.2) is 12.6 Å². The second-order valence-electron chi connectivity index (χ2n) is 16.1. The van der Waals surface area contributed by atoms with Crippen LogP contribution in [-0.4, -0.2) is 140 Å². The lowest BCUT2D eigenvalue weighted by molar-refractivity contribution is -0.359. The highest BCUT2D eigenvalue weighted by atomic mass is 16.7. The molecule has 0 spiro atoms. The lowest BCUT2D eigenvalue weighted by Crippen LogP contribution is -2.65. The quantitative estimate of drug-likeness (QED) is 0.0317. The van der Waals surface area contributed by atoms with Crippen LogP contribution in [0.2, 0.25) is 0 Å². The number of ether oxygens (including phenoxy) is 4. The van der Waals surface area contributed by atoms with E-state index in [2.05, 4.69) is 67.8 Å². The van der Waals surface area contributed by atoms with Crippen LogP contribution in [0.15, 0.2) is 72.9 Å². The Labute approximate surface area is 370 Å². The van der Waals surface area contributed by atoms with E-state index in [4.69, 9.17) is 18.9 Å². The van der Waals surface area contributed by atoms with Gasteiger partial charge in [-0.2, -0.15) is 0 Å². The first-order chi connectivity index (χ1) is 30.1. The van der Waals surface area contributed by atoms with Crippen LogP contribution in [0.4, 0.5) is 0 Å². The Morgan fingerprint density at radius 3 is 1.76 bits per heavy atom. The lowest BCUT2D eigenvalue weighted by Gasteiger charge is -2.46. The Morgan fingerprint density at radius 1 is 0.597 bits per heavy atom. The number of amides is 1. The molecule has 2 fully saturated rings. The number of hydrogen-bond donors (Lipinski definition) is 9. The van der Waals surface area contributed by atoms with Crippen molar-refractivity contribution in [2.24, 2.45) is 0 Å². The van der Waals surface area contributed by atoms with Gasteiger partial charge in [0.1, 0.15) is 48.8 Å². The van der Waals surface area contributed by atoms with Crippen LogP contribution < -0.4 is 5.32 Å². The average Bonchev–Trinajstić information content (AvgIpc) is 3.27. The minimum atomic E-state index is -1.80. The maximum Gasteiger partial charge on any atom is 0.220 e. The molecule has 2 rings (SSSR count). The first kappa shape index (κ1) is 55.6. The molecule has 0 saturated carbocycles. The Morgan fingerprint density at radius 2 is 1.13 bits per heavy atom. The molecule has 2 saturated heterocycles. The summed E-state index contributed by atoms with van der Waals surface area (Å²) in [6, 6.07) is -0.970. The van der Waals surface area contributed by atoms with E-state index < -0.39 is 86.8 Å². The molecule has 1 amide bonds. The third kappa shape index (κ3) is 22.4. The van der Waals surface area contributed by atoms with E-state index >= 15 is 0 Å². The fraction of sp³-hybridized carbons (Fsp3) is 0.729. The molecule has 14 nitrogen and oxygen atoms in total. The first-order valence-corrected chi connectivity index (χ1v) is 23.2. The van der Waals surface area contributed by atoms with Gasteiger partial charge in [-0.05, 0) is 57.8 Å². The molecule has 12 atom stereocenters. The van der Waals surface area contributed by atoms with Crippen LogP contribution in [0.25, 0.3) is 0 Å². The molecular weight excluding hydrogens is 799 g/mol. The Hall–Kier alpha value is -2.57. The monoisotopic (exact) mass is 880 g/mol. The highest BCUT2D eigenvalue weighted by molar-refractivity contribution is 5.76. The molecule has 0 aliphatic carbocycles. The number of allylic oxidation sites excluding steroid dienone is 11. The van der Waals surface area contributed by atoms with Gasteiger partial charge in [-0.1, -0.05) is 138 Å². The first-order valence-electron chi connectivity index (χ1n) is 23.2.